The second-order valence-corrected chi connectivity index (χ2v) is 4.69. The van der Waals surface area contributed by atoms with Crippen LogP contribution in [0.2, 0.25) is 0 Å². The Morgan fingerprint density at radius 2 is 2.10 bits per heavy atom. The molecule has 1 amide bonds. The predicted molar refractivity (Wildman–Crippen MR) is 72.1 cm³/mol. The number of anilines is 1. The standard InChI is InChI=1S/C14H15F3N2O2/c1-21-12-8-10(18)2-3-11(12)13(20)19-6-4-9(5-7-19)14(15,16)17/h2-4,8H,5-7,18H2,1H3. The van der Waals surface area contributed by atoms with Crippen LogP contribution in [0.1, 0.15) is 16.8 Å². The van der Waals surface area contributed by atoms with E-state index in [9.17, 15) is 18.0 Å². The maximum Gasteiger partial charge on any atom is 0.412 e. The van der Waals surface area contributed by atoms with Crippen LogP contribution in [0.15, 0.2) is 29.8 Å². The average molecular weight is 300 g/mol. The highest BCUT2D eigenvalue weighted by Crippen LogP contribution is 2.31. The highest BCUT2D eigenvalue weighted by atomic mass is 19.4. The van der Waals surface area contributed by atoms with Gasteiger partial charge < -0.3 is 15.4 Å². The van der Waals surface area contributed by atoms with Gasteiger partial charge in [-0.05, 0) is 18.6 Å². The van der Waals surface area contributed by atoms with Crippen LogP contribution in [0.25, 0.3) is 0 Å². The summed E-state index contributed by atoms with van der Waals surface area (Å²) in [6, 6.07) is 4.57. The van der Waals surface area contributed by atoms with E-state index in [1.54, 1.807) is 6.07 Å². The van der Waals surface area contributed by atoms with Crippen molar-refractivity contribution < 1.29 is 22.7 Å². The minimum atomic E-state index is -4.33. The lowest BCUT2D eigenvalue weighted by molar-refractivity contribution is -0.0957. The Morgan fingerprint density at radius 3 is 2.62 bits per heavy atom. The van der Waals surface area contributed by atoms with Gasteiger partial charge in [0.1, 0.15) is 5.75 Å². The lowest BCUT2D eigenvalue weighted by Crippen LogP contribution is -2.37. The van der Waals surface area contributed by atoms with E-state index in [4.69, 9.17) is 10.5 Å². The Morgan fingerprint density at radius 1 is 1.38 bits per heavy atom. The second kappa shape index (κ2) is 5.67. The van der Waals surface area contributed by atoms with Crippen LogP contribution in [0.4, 0.5) is 18.9 Å². The zero-order valence-corrected chi connectivity index (χ0v) is 11.4. The summed E-state index contributed by atoms with van der Waals surface area (Å²) in [7, 11) is 1.41. The van der Waals surface area contributed by atoms with Gasteiger partial charge in [-0.3, -0.25) is 4.79 Å². The van der Waals surface area contributed by atoms with Crippen LogP contribution in [0.5, 0.6) is 5.75 Å². The molecule has 0 saturated heterocycles. The average Bonchev–Trinajstić information content (AvgIpc) is 2.45. The minimum absolute atomic E-state index is 0.0255. The minimum Gasteiger partial charge on any atom is -0.496 e. The number of nitrogens with two attached hydrogens (primary N) is 1. The van der Waals surface area contributed by atoms with Gasteiger partial charge >= 0.3 is 6.18 Å². The molecular weight excluding hydrogens is 285 g/mol. The molecule has 114 valence electrons. The third kappa shape index (κ3) is 3.29. The van der Waals surface area contributed by atoms with Crippen LogP contribution < -0.4 is 10.5 Å². The van der Waals surface area contributed by atoms with Gasteiger partial charge in [0.05, 0.1) is 12.7 Å². The monoisotopic (exact) mass is 300 g/mol. The van der Waals surface area contributed by atoms with Crippen LogP contribution >= 0.6 is 0 Å². The number of hydrogen-bond acceptors (Lipinski definition) is 3. The van der Waals surface area contributed by atoms with Gasteiger partial charge in [-0.15, -0.1) is 0 Å². The molecule has 0 unspecified atom stereocenters. The van der Waals surface area contributed by atoms with Crippen molar-refractivity contribution in [2.24, 2.45) is 0 Å². The Balaban J connectivity index is 2.18. The van der Waals surface area contributed by atoms with Crippen LogP contribution in [0.3, 0.4) is 0 Å². The van der Waals surface area contributed by atoms with Crippen molar-refractivity contribution in [3.05, 3.63) is 35.4 Å². The molecule has 1 aliphatic rings. The van der Waals surface area contributed by atoms with Gasteiger partial charge in [-0.1, -0.05) is 6.08 Å². The molecule has 0 aliphatic carbocycles. The molecule has 7 heteroatoms. The highest BCUT2D eigenvalue weighted by molar-refractivity contribution is 5.97. The van der Waals surface area contributed by atoms with E-state index < -0.39 is 11.7 Å². The first-order valence-electron chi connectivity index (χ1n) is 6.32. The van der Waals surface area contributed by atoms with Crippen molar-refractivity contribution >= 4 is 11.6 Å². The third-order valence-electron chi connectivity index (χ3n) is 3.32. The molecule has 21 heavy (non-hydrogen) atoms. The molecule has 0 saturated carbocycles. The fourth-order valence-electron chi connectivity index (χ4n) is 2.17. The van der Waals surface area contributed by atoms with E-state index >= 15 is 0 Å². The van der Waals surface area contributed by atoms with Gasteiger partial charge in [-0.25, -0.2) is 0 Å². The molecule has 2 N–H and O–H groups in total. The molecule has 1 aromatic carbocycles. The fourth-order valence-corrected chi connectivity index (χ4v) is 2.17. The SMILES string of the molecule is COc1cc(N)ccc1C(=O)N1CC=C(C(F)(F)F)CC1. The number of hydrogen-bond donors (Lipinski definition) is 1. The summed E-state index contributed by atoms with van der Waals surface area (Å²) >= 11 is 0. The van der Waals surface area contributed by atoms with Crippen molar-refractivity contribution in [3.8, 4) is 5.75 Å². The van der Waals surface area contributed by atoms with Crippen LogP contribution in [0, 0.1) is 0 Å². The van der Waals surface area contributed by atoms with Gasteiger partial charge in [0.2, 0.25) is 0 Å². The number of ether oxygens (including phenoxy) is 1. The summed E-state index contributed by atoms with van der Waals surface area (Å²) in [5.74, 6) is -0.0603. The van der Waals surface area contributed by atoms with Gasteiger partial charge in [0.15, 0.2) is 0 Å². The second-order valence-electron chi connectivity index (χ2n) is 4.69. The van der Waals surface area contributed by atoms with Crippen molar-refractivity contribution in [3.63, 3.8) is 0 Å². The third-order valence-corrected chi connectivity index (χ3v) is 3.32. The maximum atomic E-state index is 12.5. The number of nitrogens with zero attached hydrogens (tertiary/aromatic N) is 1. The van der Waals surface area contributed by atoms with E-state index in [1.165, 1.54) is 24.1 Å². The van der Waals surface area contributed by atoms with Gasteiger partial charge in [-0.2, -0.15) is 13.2 Å². The smallest absolute Gasteiger partial charge is 0.412 e. The van der Waals surface area contributed by atoms with Crippen molar-refractivity contribution in [1.82, 2.24) is 4.90 Å². The first kappa shape index (κ1) is 15.2. The largest absolute Gasteiger partial charge is 0.496 e. The fraction of sp³-hybridized carbons (Fsp3) is 0.357. The predicted octanol–water partition coefficient (Wildman–Crippen LogP) is 2.61. The lowest BCUT2D eigenvalue weighted by Gasteiger charge is -2.27. The first-order valence-corrected chi connectivity index (χ1v) is 6.32. The number of benzene rings is 1. The molecule has 1 heterocycles. The molecule has 4 nitrogen and oxygen atoms in total. The normalized spacial score (nSPS) is 15.6. The number of rotatable bonds is 2. The summed E-state index contributed by atoms with van der Waals surface area (Å²) < 4.78 is 42.7. The quantitative estimate of drug-likeness (QED) is 0.675. The van der Waals surface area contributed by atoms with Crippen molar-refractivity contribution in [1.29, 1.82) is 0 Å². The van der Waals surface area contributed by atoms with Crippen molar-refractivity contribution in [2.45, 2.75) is 12.6 Å². The highest BCUT2D eigenvalue weighted by Gasteiger charge is 2.35. The number of halogens is 3. The van der Waals surface area contributed by atoms with E-state index in [0.29, 0.717) is 11.4 Å². The molecule has 1 aliphatic heterocycles. The Kier molecular flexibility index (Phi) is 4.11. The summed E-state index contributed by atoms with van der Waals surface area (Å²) in [5.41, 5.74) is 5.75. The van der Waals surface area contributed by atoms with E-state index in [1.807, 2.05) is 0 Å². The summed E-state index contributed by atoms with van der Waals surface area (Å²) in [5, 5.41) is 0. The zero-order valence-electron chi connectivity index (χ0n) is 11.4. The Bertz CT molecular complexity index is 582. The van der Waals surface area contributed by atoms with E-state index in [0.717, 1.165) is 6.08 Å². The lowest BCUT2D eigenvalue weighted by atomic mass is 10.1. The molecule has 0 spiro atoms. The van der Waals surface area contributed by atoms with Crippen molar-refractivity contribution in [2.75, 3.05) is 25.9 Å². The van der Waals surface area contributed by atoms with Gasteiger partial charge in [0, 0.05) is 30.4 Å². The zero-order chi connectivity index (χ0) is 15.6. The number of alkyl halides is 3. The summed E-state index contributed by atoms with van der Waals surface area (Å²) in [4.78, 5) is 13.7. The molecule has 1 aromatic rings. The maximum absolute atomic E-state index is 12.5. The number of methoxy groups -OCH3 is 1. The molecule has 0 fully saturated rings. The van der Waals surface area contributed by atoms with Gasteiger partial charge in [0.25, 0.3) is 5.91 Å². The molecule has 0 atom stereocenters. The molecule has 0 radical (unpaired) electrons. The Hall–Kier alpha value is -2.18. The number of carbonyl (C=O) groups is 1. The van der Waals surface area contributed by atoms with E-state index in [-0.39, 0.29) is 31.0 Å². The van der Waals surface area contributed by atoms with E-state index in [2.05, 4.69) is 0 Å². The number of nitrogen functional groups attached to an aromatic ring is 1. The number of carbonyl (C=O) groups excluding carboxylic acids is 1. The summed E-state index contributed by atoms with van der Waals surface area (Å²) in [6.07, 6.45) is -3.48. The Labute approximate surface area is 120 Å². The topological polar surface area (TPSA) is 55.6 Å². The molecule has 0 aromatic heterocycles. The molecule has 0 bridgehead atoms. The molecule has 2 rings (SSSR count). The van der Waals surface area contributed by atoms with Crippen LogP contribution in [-0.2, 0) is 0 Å². The first-order chi connectivity index (χ1) is 9.82. The van der Waals surface area contributed by atoms with Crippen LogP contribution in [-0.4, -0.2) is 37.2 Å². The molecular formula is C14H15F3N2O2. The summed E-state index contributed by atoms with van der Waals surface area (Å²) in [6.45, 7) is -0.0427. The number of amides is 1.